The molecule has 4 rings (SSSR count). The molecule has 1 atom stereocenters. The maximum Gasteiger partial charge on any atom is 0.265 e. The molecular formula is C16H19N3OS2. The van der Waals surface area contributed by atoms with E-state index in [0.717, 1.165) is 40.8 Å². The van der Waals surface area contributed by atoms with Crippen LogP contribution in [0.2, 0.25) is 0 Å². The third kappa shape index (κ3) is 2.71. The maximum atomic E-state index is 12.8. The number of thiazole rings is 1. The lowest BCUT2D eigenvalue weighted by Gasteiger charge is -2.25. The monoisotopic (exact) mass is 333 g/mol. The Kier molecular flexibility index (Phi) is 3.98. The van der Waals surface area contributed by atoms with Crippen LogP contribution >= 0.6 is 22.7 Å². The Morgan fingerprint density at radius 3 is 3.05 bits per heavy atom. The second-order valence-corrected chi connectivity index (χ2v) is 7.92. The Labute approximate surface area is 138 Å². The van der Waals surface area contributed by atoms with Crippen molar-refractivity contribution in [3.8, 4) is 9.88 Å². The first kappa shape index (κ1) is 14.4. The Morgan fingerprint density at radius 1 is 1.27 bits per heavy atom. The molecule has 2 saturated heterocycles. The highest BCUT2D eigenvalue weighted by atomic mass is 32.1. The number of carbonyl (C=O) groups is 1. The van der Waals surface area contributed by atoms with Crippen LogP contribution in [0.25, 0.3) is 9.88 Å². The highest BCUT2D eigenvalue weighted by Crippen LogP contribution is 2.30. The van der Waals surface area contributed by atoms with Crippen LogP contribution in [0.15, 0.2) is 23.7 Å². The fourth-order valence-corrected chi connectivity index (χ4v) is 5.12. The molecule has 4 heterocycles. The molecule has 4 nitrogen and oxygen atoms in total. The first-order chi connectivity index (χ1) is 10.8. The molecule has 0 saturated carbocycles. The fraction of sp³-hybridized carbons (Fsp3) is 0.500. The molecule has 6 heteroatoms. The molecule has 2 aliphatic rings. The summed E-state index contributed by atoms with van der Waals surface area (Å²) in [7, 11) is 0. The number of nitrogens with zero attached hydrogens (tertiary/aromatic N) is 3. The minimum atomic E-state index is 0.161. The zero-order chi connectivity index (χ0) is 14.9. The van der Waals surface area contributed by atoms with Gasteiger partial charge in [-0.3, -0.25) is 9.69 Å². The van der Waals surface area contributed by atoms with Crippen molar-refractivity contribution in [2.24, 2.45) is 0 Å². The van der Waals surface area contributed by atoms with E-state index in [9.17, 15) is 4.79 Å². The van der Waals surface area contributed by atoms with E-state index in [1.54, 1.807) is 17.5 Å². The second-order valence-electron chi connectivity index (χ2n) is 5.94. The van der Waals surface area contributed by atoms with Gasteiger partial charge in [0.25, 0.3) is 5.91 Å². The number of aromatic nitrogens is 1. The van der Waals surface area contributed by atoms with E-state index in [4.69, 9.17) is 0 Å². The molecule has 2 aromatic heterocycles. The summed E-state index contributed by atoms with van der Waals surface area (Å²) in [4.78, 5) is 23.8. The molecule has 2 aliphatic heterocycles. The molecule has 0 N–H and O–H groups in total. The van der Waals surface area contributed by atoms with Gasteiger partial charge >= 0.3 is 0 Å². The molecule has 1 amide bonds. The summed E-state index contributed by atoms with van der Waals surface area (Å²) in [5, 5.41) is 3.00. The zero-order valence-corrected chi connectivity index (χ0v) is 14.0. The molecule has 1 unspecified atom stereocenters. The highest BCUT2D eigenvalue weighted by molar-refractivity contribution is 7.21. The summed E-state index contributed by atoms with van der Waals surface area (Å²) in [6.07, 6.45) is 5.33. The average Bonchev–Trinajstić information content (AvgIpc) is 3.25. The van der Waals surface area contributed by atoms with E-state index in [1.807, 2.05) is 16.3 Å². The Morgan fingerprint density at radius 2 is 2.18 bits per heavy atom. The van der Waals surface area contributed by atoms with Crippen LogP contribution in [-0.2, 0) is 0 Å². The van der Waals surface area contributed by atoms with Crippen LogP contribution in [0.3, 0.4) is 0 Å². The third-order valence-electron chi connectivity index (χ3n) is 4.54. The van der Waals surface area contributed by atoms with E-state index in [0.29, 0.717) is 6.04 Å². The van der Waals surface area contributed by atoms with Crippen LogP contribution < -0.4 is 0 Å². The normalized spacial score (nSPS) is 22.5. The van der Waals surface area contributed by atoms with Crippen molar-refractivity contribution in [3.63, 3.8) is 0 Å². The average molecular weight is 333 g/mol. The summed E-state index contributed by atoms with van der Waals surface area (Å²) < 4.78 is 0. The number of amides is 1. The SMILES string of the molecule is O=C(c1cnc(-c2cccs2)s1)N1CCCN2CCCC2C1. The van der Waals surface area contributed by atoms with Crippen molar-refractivity contribution in [3.05, 3.63) is 28.6 Å². The van der Waals surface area contributed by atoms with Gasteiger partial charge in [-0.1, -0.05) is 6.07 Å². The van der Waals surface area contributed by atoms with Crippen molar-refractivity contribution >= 4 is 28.6 Å². The van der Waals surface area contributed by atoms with Crippen molar-refractivity contribution < 1.29 is 4.79 Å². The first-order valence-electron chi connectivity index (χ1n) is 7.84. The van der Waals surface area contributed by atoms with Crippen LogP contribution in [-0.4, -0.2) is 52.9 Å². The van der Waals surface area contributed by atoms with Crippen molar-refractivity contribution in [2.45, 2.75) is 25.3 Å². The molecule has 116 valence electrons. The Balaban J connectivity index is 1.51. The van der Waals surface area contributed by atoms with Crippen LogP contribution in [0.1, 0.15) is 28.9 Å². The van der Waals surface area contributed by atoms with Gasteiger partial charge in [0.2, 0.25) is 0 Å². The van der Waals surface area contributed by atoms with Gasteiger partial charge in [-0.2, -0.15) is 0 Å². The molecule has 2 aromatic rings. The molecule has 0 radical (unpaired) electrons. The van der Waals surface area contributed by atoms with Gasteiger partial charge in [0, 0.05) is 25.7 Å². The number of carbonyl (C=O) groups excluding carboxylic acids is 1. The largest absolute Gasteiger partial charge is 0.336 e. The van der Waals surface area contributed by atoms with Gasteiger partial charge in [0.05, 0.1) is 11.1 Å². The van der Waals surface area contributed by atoms with Gasteiger partial charge in [0.15, 0.2) is 0 Å². The maximum absolute atomic E-state index is 12.8. The van der Waals surface area contributed by atoms with Crippen molar-refractivity contribution in [1.82, 2.24) is 14.8 Å². The molecule has 0 aromatic carbocycles. The predicted octanol–water partition coefficient (Wildman–Crippen LogP) is 3.18. The summed E-state index contributed by atoms with van der Waals surface area (Å²) in [5.41, 5.74) is 0. The lowest BCUT2D eigenvalue weighted by atomic mass is 10.2. The van der Waals surface area contributed by atoms with Gasteiger partial charge in [-0.05, 0) is 37.3 Å². The Bertz CT molecular complexity index is 652. The van der Waals surface area contributed by atoms with E-state index in [-0.39, 0.29) is 5.91 Å². The molecule has 0 spiro atoms. The quantitative estimate of drug-likeness (QED) is 0.847. The Hall–Kier alpha value is -1.24. The highest BCUT2D eigenvalue weighted by Gasteiger charge is 2.31. The van der Waals surface area contributed by atoms with E-state index in [2.05, 4.69) is 16.0 Å². The molecule has 2 fully saturated rings. The lowest BCUT2D eigenvalue weighted by Crippen LogP contribution is -2.39. The zero-order valence-electron chi connectivity index (χ0n) is 12.4. The van der Waals surface area contributed by atoms with Gasteiger partial charge in [-0.25, -0.2) is 4.98 Å². The smallest absolute Gasteiger partial charge is 0.265 e. The van der Waals surface area contributed by atoms with Gasteiger partial charge in [-0.15, -0.1) is 22.7 Å². The number of hydrogen-bond acceptors (Lipinski definition) is 5. The van der Waals surface area contributed by atoms with Crippen molar-refractivity contribution in [2.75, 3.05) is 26.2 Å². The van der Waals surface area contributed by atoms with Gasteiger partial charge in [0.1, 0.15) is 9.88 Å². The van der Waals surface area contributed by atoms with Crippen molar-refractivity contribution in [1.29, 1.82) is 0 Å². The lowest BCUT2D eigenvalue weighted by molar-refractivity contribution is 0.0748. The number of fused-ring (bicyclic) bond motifs is 1. The summed E-state index contributed by atoms with van der Waals surface area (Å²) in [6.45, 7) is 4.09. The number of hydrogen-bond donors (Lipinski definition) is 0. The fourth-order valence-electron chi connectivity index (χ4n) is 3.43. The third-order valence-corrected chi connectivity index (χ3v) is 6.56. The van der Waals surface area contributed by atoms with E-state index >= 15 is 0 Å². The summed E-state index contributed by atoms with van der Waals surface area (Å²) in [6, 6.07) is 4.64. The number of thiophene rings is 1. The minimum Gasteiger partial charge on any atom is -0.336 e. The topological polar surface area (TPSA) is 36.4 Å². The van der Waals surface area contributed by atoms with Crippen LogP contribution in [0.5, 0.6) is 0 Å². The number of rotatable bonds is 2. The molecule has 22 heavy (non-hydrogen) atoms. The molecule has 0 aliphatic carbocycles. The molecule has 0 bridgehead atoms. The standard InChI is InChI=1S/C16H19N3OS2/c20-16(14-10-17-15(22-14)13-5-2-9-21-13)19-8-3-7-18-6-1-4-12(18)11-19/h2,5,9-10,12H,1,3-4,6-8,11H2. The predicted molar refractivity (Wildman–Crippen MR) is 90.5 cm³/mol. The van der Waals surface area contributed by atoms with Crippen LogP contribution in [0, 0.1) is 0 Å². The van der Waals surface area contributed by atoms with E-state index < -0.39 is 0 Å². The molecular weight excluding hydrogens is 314 g/mol. The minimum absolute atomic E-state index is 0.161. The second kappa shape index (κ2) is 6.10. The van der Waals surface area contributed by atoms with E-state index in [1.165, 1.54) is 30.7 Å². The van der Waals surface area contributed by atoms with Gasteiger partial charge < -0.3 is 4.90 Å². The first-order valence-corrected chi connectivity index (χ1v) is 9.54. The summed E-state index contributed by atoms with van der Waals surface area (Å²) in [5.74, 6) is 0.161. The summed E-state index contributed by atoms with van der Waals surface area (Å²) >= 11 is 3.19. The van der Waals surface area contributed by atoms with Crippen LogP contribution in [0.4, 0.5) is 0 Å².